The Labute approximate surface area is 109 Å². The van der Waals surface area contributed by atoms with Crippen LogP contribution in [0.2, 0.25) is 0 Å². The molecule has 0 aliphatic carbocycles. The van der Waals surface area contributed by atoms with E-state index < -0.39 is 0 Å². The predicted octanol–water partition coefficient (Wildman–Crippen LogP) is 0.442. The van der Waals surface area contributed by atoms with Crippen LogP contribution >= 0.6 is 0 Å². The molecule has 18 heavy (non-hydrogen) atoms. The Morgan fingerprint density at radius 2 is 2.06 bits per heavy atom. The minimum Gasteiger partial charge on any atom is -0.350 e. The van der Waals surface area contributed by atoms with Crippen LogP contribution < -0.4 is 10.6 Å². The van der Waals surface area contributed by atoms with E-state index >= 15 is 0 Å². The number of likely N-dealkylation sites (tertiary alicyclic amines) is 1. The highest BCUT2D eigenvalue weighted by Gasteiger charge is 2.56. The second kappa shape index (κ2) is 4.49. The van der Waals surface area contributed by atoms with Crippen LogP contribution in [0.4, 0.5) is 0 Å². The normalized spacial score (nSPS) is 35.2. The quantitative estimate of drug-likeness (QED) is 0.748. The first-order chi connectivity index (χ1) is 8.61. The molecule has 3 fully saturated rings. The Morgan fingerprint density at radius 3 is 2.72 bits per heavy atom. The van der Waals surface area contributed by atoms with Crippen molar-refractivity contribution in [2.75, 3.05) is 32.7 Å². The predicted molar refractivity (Wildman–Crippen MR) is 71.2 cm³/mol. The van der Waals surface area contributed by atoms with Crippen molar-refractivity contribution >= 4 is 5.91 Å². The molecule has 4 heteroatoms. The van der Waals surface area contributed by atoms with Gasteiger partial charge in [0.15, 0.2) is 0 Å². The number of nitrogens with zero attached hydrogens (tertiary/aromatic N) is 1. The van der Waals surface area contributed by atoms with Crippen molar-refractivity contribution in [1.82, 2.24) is 15.5 Å². The van der Waals surface area contributed by atoms with Crippen LogP contribution in [0, 0.1) is 17.8 Å². The summed E-state index contributed by atoms with van der Waals surface area (Å²) in [6, 6.07) is 0. The molecule has 3 aliphatic heterocycles. The van der Waals surface area contributed by atoms with Gasteiger partial charge in [0, 0.05) is 31.1 Å². The Morgan fingerprint density at radius 1 is 1.33 bits per heavy atom. The molecular formula is C14H25N3O. The van der Waals surface area contributed by atoms with Crippen molar-refractivity contribution in [3.63, 3.8) is 0 Å². The lowest BCUT2D eigenvalue weighted by Gasteiger charge is -2.39. The number of carbonyl (C=O) groups is 1. The second-order valence-electron chi connectivity index (χ2n) is 6.72. The Kier molecular flexibility index (Phi) is 3.10. The van der Waals surface area contributed by atoms with Crippen molar-refractivity contribution in [2.24, 2.45) is 17.8 Å². The van der Waals surface area contributed by atoms with Crippen molar-refractivity contribution in [3.05, 3.63) is 0 Å². The highest BCUT2D eigenvalue weighted by Crippen LogP contribution is 2.42. The summed E-state index contributed by atoms with van der Waals surface area (Å²) in [6.45, 7) is 9.84. The summed E-state index contributed by atoms with van der Waals surface area (Å²) in [5.41, 5.74) is 0.110. The maximum absolute atomic E-state index is 12.2. The van der Waals surface area contributed by atoms with E-state index in [1.165, 1.54) is 0 Å². The molecule has 0 aromatic rings. The van der Waals surface area contributed by atoms with Crippen molar-refractivity contribution in [2.45, 2.75) is 32.2 Å². The van der Waals surface area contributed by atoms with Gasteiger partial charge in [-0.1, -0.05) is 13.8 Å². The first kappa shape index (κ1) is 12.4. The van der Waals surface area contributed by atoms with E-state index in [0.717, 1.165) is 45.6 Å². The van der Waals surface area contributed by atoms with Gasteiger partial charge in [0.2, 0.25) is 5.91 Å². The van der Waals surface area contributed by atoms with Crippen LogP contribution in [0.1, 0.15) is 26.7 Å². The van der Waals surface area contributed by atoms with Gasteiger partial charge >= 0.3 is 0 Å². The van der Waals surface area contributed by atoms with Gasteiger partial charge in [0.05, 0.1) is 5.92 Å². The largest absolute Gasteiger partial charge is 0.350 e. The molecule has 3 aliphatic rings. The molecule has 3 heterocycles. The molecule has 2 N–H and O–H groups in total. The summed E-state index contributed by atoms with van der Waals surface area (Å²) >= 11 is 0. The van der Waals surface area contributed by atoms with Gasteiger partial charge in [-0.25, -0.2) is 0 Å². The molecule has 1 amide bonds. The Bertz CT molecular complexity index is 336. The van der Waals surface area contributed by atoms with Gasteiger partial charge in [-0.2, -0.15) is 0 Å². The highest BCUT2D eigenvalue weighted by molar-refractivity contribution is 5.83. The smallest absolute Gasteiger partial charge is 0.225 e. The van der Waals surface area contributed by atoms with E-state index in [0.29, 0.717) is 17.7 Å². The lowest BCUT2D eigenvalue weighted by molar-refractivity contribution is -0.123. The Hall–Kier alpha value is -0.610. The number of hydrogen-bond donors (Lipinski definition) is 2. The summed E-state index contributed by atoms with van der Waals surface area (Å²) in [5, 5.41) is 6.75. The van der Waals surface area contributed by atoms with Crippen molar-refractivity contribution in [3.8, 4) is 0 Å². The Balaban J connectivity index is 1.75. The molecule has 0 radical (unpaired) electrons. The van der Waals surface area contributed by atoms with E-state index in [1.807, 2.05) is 0 Å². The minimum atomic E-state index is 0.110. The number of carbonyl (C=O) groups excluding carboxylic acids is 1. The molecule has 0 saturated carbocycles. The third kappa shape index (κ3) is 1.95. The average Bonchev–Trinajstić information content (AvgIpc) is 2.82. The number of rotatable bonds is 2. The summed E-state index contributed by atoms with van der Waals surface area (Å²) < 4.78 is 0. The summed E-state index contributed by atoms with van der Waals surface area (Å²) in [4.78, 5) is 14.7. The van der Waals surface area contributed by atoms with Gasteiger partial charge < -0.3 is 15.5 Å². The van der Waals surface area contributed by atoms with Crippen LogP contribution in [0.5, 0.6) is 0 Å². The number of piperidine rings is 1. The fourth-order valence-corrected chi connectivity index (χ4v) is 4.18. The van der Waals surface area contributed by atoms with E-state index in [9.17, 15) is 4.79 Å². The van der Waals surface area contributed by atoms with E-state index in [1.54, 1.807) is 0 Å². The lowest BCUT2D eigenvalue weighted by Crippen LogP contribution is -2.54. The minimum absolute atomic E-state index is 0.110. The molecule has 3 saturated heterocycles. The molecule has 102 valence electrons. The first-order valence-corrected chi connectivity index (χ1v) is 7.36. The van der Waals surface area contributed by atoms with Crippen LogP contribution in [-0.4, -0.2) is 49.1 Å². The topological polar surface area (TPSA) is 44.4 Å². The zero-order valence-corrected chi connectivity index (χ0v) is 11.5. The standard InChI is InChI=1S/C14H25N3O/c1-10(2)7-17-8-11-12(9-17)14(16-13(11)18)3-5-15-6-4-14/h10-12,15H,3-9H2,1-2H3,(H,16,18)/t11-,12+/m1/s1. The molecule has 0 unspecified atom stereocenters. The molecular weight excluding hydrogens is 226 g/mol. The SMILES string of the molecule is CC(C)CN1C[C@H]2C(=O)NC3(CCNCC3)[C@H]2C1. The van der Waals surface area contributed by atoms with Crippen LogP contribution in [0.3, 0.4) is 0 Å². The van der Waals surface area contributed by atoms with E-state index in [-0.39, 0.29) is 11.5 Å². The zero-order valence-electron chi connectivity index (χ0n) is 11.5. The van der Waals surface area contributed by atoms with E-state index in [2.05, 4.69) is 29.4 Å². The first-order valence-electron chi connectivity index (χ1n) is 7.36. The molecule has 0 aromatic heterocycles. The number of amides is 1. The maximum atomic E-state index is 12.2. The van der Waals surface area contributed by atoms with Gasteiger partial charge in [-0.3, -0.25) is 4.79 Å². The summed E-state index contributed by atoms with van der Waals surface area (Å²) in [5.74, 6) is 1.80. The maximum Gasteiger partial charge on any atom is 0.225 e. The van der Waals surface area contributed by atoms with Crippen molar-refractivity contribution in [1.29, 1.82) is 0 Å². The molecule has 2 atom stereocenters. The third-order valence-corrected chi connectivity index (χ3v) is 4.93. The van der Waals surface area contributed by atoms with Crippen LogP contribution in [0.25, 0.3) is 0 Å². The fraction of sp³-hybridized carbons (Fsp3) is 0.929. The number of fused-ring (bicyclic) bond motifs is 2. The second-order valence-corrected chi connectivity index (χ2v) is 6.72. The fourth-order valence-electron chi connectivity index (χ4n) is 4.18. The average molecular weight is 251 g/mol. The monoisotopic (exact) mass is 251 g/mol. The molecule has 1 spiro atoms. The molecule has 0 bridgehead atoms. The van der Waals surface area contributed by atoms with Crippen LogP contribution in [0.15, 0.2) is 0 Å². The number of hydrogen-bond acceptors (Lipinski definition) is 3. The number of nitrogens with one attached hydrogen (secondary N) is 2. The lowest BCUT2D eigenvalue weighted by atomic mass is 9.76. The molecule has 4 nitrogen and oxygen atoms in total. The van der Waals surface area contributed by atoms with Gasteiger partial charge in [-0.15, -0.1) is 0 Å². The van der Waals surface area contributed by atoms with Gasteiger partial charge in [-0.05, 0) is 31.8 Å². The summed E-state index contributed by atoms with van der Waals surface area (Å²) in [7, 11) is 0. The van der Waals surface area contributed by atoms with E-state index in [4.69, 9.17) is 0 Å². The molecule has 0 aromatic carbocycles. The zero-order chi connectivity index (χ0) is 12.8. The van der Waals surface area contributed by atoms with Crippen molar-refractivity contribution < 1.29 is 4.79 Å². The molecule has 3 rings (SSSR count). The van der Waals surface area contributed by atoms with Crippen LogP contribution in [-0.2, 0) is 4.79 Å². The highest BCUT2D eigenvalue weighted by atomic mass is 16.2. The van der Waals surface area contributed by atoms with Gasteiger partial charge in [0.1, 0.15) is 0 Å². The third-order valence-electron chi connectivity index (χ3n) is 4.93. The van der Waals surface area contributed by atoms with Gasteiger partial charge in [0.25, 0.3) is 0 Å². The summed E-state index contributed by atoms with van der Waals surface area (Å²) in [6.07, 6.45) is 2.21.